The summed E-state index contributed by atoms with van der Waals surface area (Å²) in [4.78, 5) is 24.1. The molecule has 0 spiro atoms. The lowest BCUT2D eigenvalue weighted by Crippen LogP contribution is -2.32. The number of carbonyl (C=O) groups excluding carboxylic acids is 2. The van der Waals surface area contributed by atoms with Crippen LogP contribution in [-0.4, -0.2) is 25.1 Å². The van der Waals surface area contributed by atoms with Crippen LogP contribution in [0, 0.1) is 0 Å². The lowest BCUT2D eigenvalue weighted by atomic mass is 10.1. The van der Waals surface area contributed by atoms with Crippen LogP contribution >= 0.6 is 46.4 Å². The number of amides is 2. The molecule has 0 unspecified atom stereocenters. The average molecular weight is 541 g/mol. The Balaban J connectivity index is 1.63. The minimum absolute atomic E-state index is 0.154. The molecule has 0 aliphatic heterocycles. The molecule has 0 heterocycles. The number of rotatable bonds is 7. The van der Waals surface area contributed by atoms with Crippen LogP contribution in [0.15, 0.2) is 59.7 Å². The second-order valence-electron chi connectivity index (χ2n) is 6.71. The number of anilines is 1. The van der Waals surface area contributed by atoms with Crippen LogP contribution in [-0.2, 0) is 16.2 Å². The molecule has 0 fully saturated rings. The van der Waals surface area contributed by atoms with E-state index in [0.29, 0.717) is 37.7 Å². The van der Waals surface area contributed by atoms with Crippen LogP contribution in [0.3, 0.4) is 0 Å². The SMILES string of the molecule is COc1ccc(C=NNC(=O)C(=O)Nc2cc(Cl)ccc2Cl)cc1COc1ccc(Cl)cc1Cl. The van der Waals surface area contributed by atoms with Gasteiger partial charge in [0, 0.05) is 15.6 Å². The van der Waals surface area contributed by atoms with Gasteiger partial charge in [-0.2, -0.15) is 5.10 Å². The molecule has 7 nitrogen and oxygen atoms in total. The van der Waals surface area contributed by atoms with Crippen molar-refractivity contribution in [2.75, 3.05) is 12.4 Å². The second kappa shape index (κ2) is 11.9. The fourth-order valence-electron chi connectivity index (χ4n) is 2.73. The summed E-state index contributed by atoms with van der Waals surface area (Å²) in [6.07, 6.45) is 1.37. The van der Waals surface area contributed by atoms with Crippen molar-refractivity contribution in [1.29, 1.82) is 0 Å². The van der Waals surface area contributed by atoms with Gasteiger partial charge in [0.15, 0.2) is 0 Å². The van der Waals surface area contributed by atoms with Gasteiger partial charge in [-0.25, -0.2) is 5.43 Å². The number of halogens is 4. The van der Waals surface area contributed by atoms with Crippen molar-refractivity contribution in [3.05, 3.63) is 85.8 Å². The van der Waals surface area contributed by atoms with Crippen molar-refractivity contribution in [2.24, 2.45) is 5.10 Å². The lowest BCUT2D eigenvalue weighted by molar-refractivity contribution is -0.136. The Kier molecular flexibility index (Phi) is 9.01. The van der Waals surface area contributed by atoms with E-state index in [-0.39, 0.29) is 17.3 Å². The molecule has 176 valence electrons. The fraction of sp³-hybridized carbons (Fsp3) is 0.0870. The molecule has 0 aromatic heterocycles. The van der Waals surface area contributed by atoms with E-state index < -0.39 is 11.8 Å². The number of ether oxygens (including phenoxy) is 2. The normalized spacial score (nSPS) is 10.7. The third kappa shape index (κ3) is 7.01. The summed E-state index contributed by atoms with van der Waals surface area (Å²) in [6.45, 7) is 0.154. The predicted octanol–water partition coefficient (Wildman–Crippen LogP) is 5.98. The maximum absolute atomic E-state index is 12.1. The Labute approximate surface area is 215 Å². The van der Waals surface area contributed by atoms with E-state index >= 15 is 0 Å². The first kappa shape index (κ1) is 25.6. The standard InChI is InChI=1S/C23H17Cl4N3O4/c1-33-20-6-2-13(8-14(20)12-34-21-7-4-15(24)9-18(21)27)11-28-30-23(32)22(31)29-19-10-16(25)3-5-17(19)26/h2-11H,12H2,1H3,(H,29,31)(H,30,32). The highest BCUT2D eigenvalue weighted by molar-refractivity contribution is 6.42. The van der Waals surface area contributed by atoms with Gasteiger partial charge in [-0.15, -0.1) is 0 Å². The number of carbonyl (C=O) groups is 2. The van der Waals surface area contributed by atoms with E-state index in [1.165, 1.54) is 25.5 Å². The zero-order valence-corrected chi connectivity index (χ0v) is 20.6. The van der Waals surface area contributed by atoms with Gasteiger partial charge >= 0.3 is 11.8 Å². The summed E-state index contributed by atoms with van der Waals surface area (Å²) >= 11 is 23.9. The zero-order valence-electron chi connectivity index (χ0n) is 17.6. The van der Waals surface area contributed by atoms with Crippen molar-refractivity contribution in [3.8, 4) is 11.5 Å². The van der Waals surface area contributed by atoms with Gasteiger partial charge in [0.2, 0.25) is 0 Å². The van der Waals surface area contributed by atoms with Gasteiger partial charge in [-0.1, -0.05) is 46.4 Å². The van der Waals surface area contributed by atoms with Crippen LogP contribution in [0.25, 0.3) is 0 Å². The van der Waals surface area contributed by atoms with Gasteiger partial charge in [-0.05, 0) is 60.2 Å². The van der Waals surface area contributed by atoms with Crippen LogP contribution < -0.4 is 20.2 Å². The second-order valence-corrected chi connectivity index (χ2v) is 8.40. The van der Waals surface area contributed by atoms with E-state index in [9.17, 15) is 9.59 Å². The van der Waals surface area contributed by atoms with Gasteiger partial charge in [0.05, 0.1) is 29.1 Å². The van der Waals surface area contributed by atoms with Crippen molar-refractivity contribution in [1.82, 2.24) is 5.43 Å². The topological polar surface area (TPSA) is 89.0 Å². The van der Waals surface area contributed by atoms with Crippen LogP contribution in [0.5, 0.6) is 11.5 Å². The predicted molar refractivity (Wildman–Crippen MR) is 135 cm³/mol. The lowest BCUT2D eigenvalue weighted by Gasteiger charge is -2.12. The molecule has 0 radical (unpaired) electrons. The highest BCUT2D eigenvalue weighted by Crippen LogP contribution is 2.29. The smallest absolute Gasteiger partial charge is 0.329 e. The van der Waals surface area contributed by atoms with E-state index in [1.54, 1.807) is 42.5 Å². The summed E-state index contributed by atoms with van der Waals surface area (Å²) in [5, 5.41) is 7.67. The van der Waals surface area contributed by atoms with Gasteiger partial charge in [0.25, 0.3) is 0 Å². The molecule has 2 amide bonds. The molecule has 3 aromatic rings. The summed E-state index contributed by atoms with van der Waals surface area (Å²) < 4.78 is 11.1. The largest absolute Gasteiger partial charge is 0.496 e. The van der Waals surface area contributed by atoms with Crippen LogP contribution in [0.1, 0.15) is 11.1 Å². The summed E-state index contributed by atoms with van der Waals surface area (Å²) in [5.41, 5.74) is 3.69. The van der Waals surface area contributed by atoms with Crippen molar-refractivity contribution in [3.63, 3.8) is 0 Å². The molecule has 3 rings (SSSR count). The average Bonchev–Trinajstić information content (AvgIpc) is 2.81. The van der Waals surface area contributed by atoms with Crippen molar-refractivity contribution in [2.45, 2.75) is 6.61 Å². The fourth-order valence-corrected chi connectivity index (χ4v) is 3.53. The zero-order chi connectivity index (χ0) is 24.7. The number of benzene rings is 3. The monoisotopic (exact) mass is 539 g/mol. The van der Waals surface area contributed by atoms with Crippen LogP contribution in [0.2, 0.25) is 20.1 Å². The maximum Gasteiger partial charge on any atom is 0.329 e. The summed E-state index contributed by atoms with van der Waals surface area (Å²) in [6, 6.07) is 14.6. The summed E-state index contributed by atoms with van der Waals surface area (Å²) in [7, 11) is 1.53. The molecule has 0 saturated carbocycles. The molecule has 0 aliphatic carbocycles. The molecule has 0 saturated heterocycles. The third-order valence-corrected chi connectivity index (χ3v) is 5.44. The first-order valence-corrected chi connectivity index (χ1v) is 11.1. The number of hydrogen-bond donors (Lipinski definition) is 2. The number of hydrazone groups is 1. The number of methoxy groups -OCH3 is 1. The Morgan fingerprint density at radius 1 is 0.882 bits per heavy atom. The molecule has 11 heteroatoms. The highest BCUT2D eigenvalue weighted by Gasteiger charge is 2.15. The molecule has 34 heavy (non-hydrogen) atoms. The molecule has 0 atom stereocenters. The van der Waals surface area contributed by atoms with Crippen molar-refractivity contribution >= 4 is 70.1 Å². The highest BCUT2D eigenvalue weighted by atomic mass is 35.5. The first-order valence-electron chi connectivity index (χ1n) is 9.61. The molecule has 3 aromatic carbocycles. The van der Waals surface area contributed by atoms with E-state index in [1.807, 2.05) is 0 Å². The Morgan fingerprint density at radius 3 is 2.32 bits per heavy atom. The van der Waals surface area contributed by atoms with Crippen molar-refractivity contribution < 1.29 is 19.1 Å². The minimum atomic E-state index is -0.984. The molecular weight excluding hydrogens is 524 g/mol. The van der Waals surface area contributed by atoms with E-state index in [2.05, 4.69) is 15.8 Å². The minimum Gasteiger partial charge on any atom is -0.496 e. The number of nitrogens with zero attached hydrogens (tertiary/aromatic N) is 1. The van der Waals surface area contributed by atoms with Gasteiger partial charge < -0.3 is 14.8 Å². The van der Waals surface area contributed by atoms with Crippen LogP contribution in [0.4, 0.5) is 5.69 Å². The van der Waals surface area contributed by atoms with Gasteiger partial charge in [-0.3, -0.25) is 9.59 Å². The Bertz CT molecular complexity index is 1250. The third-order valence-electron chi connectivity index (χ3n) is 4.34. The maximum atomic E-state index is 12.1. The number of nitrogens with one attached hydrogen (secondary N) is 2. The quantitative estimate of drug-likeness (QED) is 0.219. The summed E-state index contributed by atoms with van der Waals surface area (Å²) in [5.74, 6) is -0.888. The Hall–Kier alpha value is -2.97. The molecular formula is C23H17Cl4N3O4. The number of hydrogen-bond acceptors (Lipinski definition) is 5. The molecule has 2 N–H and O–H groups in total. The first-order chi connectivity index (χ1) is 16.3. The molecule has 0 bridgehead atoms. The van der Waals surface area contributed by atoms with E-state index in [0.717, 1.165) is 0 Å². The van der Waals surface area contributed by atoms with E-state index in [4.69, 9.17) is 55.9 Å². The van der Waals surface area contributed by atoms with Gasteiger partial charge in [0.1, 0.15) is 18.1 Å². The Morgan fingerprint density at radius 2 is 1.59 bits per heavy atom. The molecule has 0 aliphatic rings.